The molecule has 3 nitrogen and oxygen atoms in total. The normalized spacial score (nSPS) is 14.6. The summed E-state index contributed by atoms with van der Waals surface area (Å²) >= 11 is 0. The number of hydrogen-bond acceptors (Lipinski definition) is 2. The highest BCUT2D eigenvalue weighted by molar-refractivity contribution is 5.42. The van der Waals surface area contributed by atoms with Crippen molar-refractivity contribution in [2.24, 2.45) is 0 Å². The van der Waals surface area contributed by atoms with Crippen LogP contribution < -0.4 is 0 Å². The van der Waals surface area contributed by atoms with Gasteiger partial charge in [-0.1, -0.05) is 24.3 Å². The maximum absolute atomic E-state index is 10.5. The summed E-state index contributed by atoms with van der Waals surface area (Å²) in [6.45, 7) is 0. The van der Waals surface area contributed by atoms with Crippen LogP contribution in [0.5, 0.6) is 0 Å². The quantitative estimate of drug-likeness (QED) is 0.482. The van der Waals surface area contributed by atoms with Gasteiger partial charge in [0.25, 0.3) is 5.70 Å². The van der Waals surface area contributed by atoms with Gasteiger partial charge < -0.3 is 0 Å². The molecule has 1 aliphatic carbocycles. The second-order valence-electron chi connectivity index (χ2n) is 2.93. The molecule has 1 aromatic rings. The molecule has 0 N–H and O–H groups in total. The van der Waals surface area contributed by atoms with E-state index in [0.717, 1.165) is 11.1 Å². The lowest BCUT2D eigenvalue weighted by atomic mass is 9.95. The van der Waals surface area contributed by atoms with Crippen LogP contribution in [-0.2, 0) is 6.42 Å². The molecular formula is C10H8NO2. The fourth-order valence-electron chi connectivity index (χ4n) is 1.42. The molecular weight excluding hydrogens is 166 g/mol. The standard InChI is InChI=1S/C10H8NO2/c12-11(13)10-6-5-8-3-1-2-4-9(8)7-10/h1-4,6-7H,5H2. The van der Waals surface area contributed by atoms with Gasteiger partial charge in [-0.3, -0.25) is 10.1 Å². The monoisotopic (exact) mass is 174 g/mol. The fourth-order valence-corrected chi connectivity index (χ4v) is 1.42. The van der Waals surface area contributed by atoms with Crippen molar-refractivity contribution in [2.75, 3.05) is 0 Å². The van der Waals surface area contributed by atoms with Crippen molar-refractivity contribution >= 4 is 0 Å². The van der Waals surface area contributed by atoms with E-state index in [1.165, 1.54) is 0 Å². The van der Waals surface area contributed by atoms with Crippen LogP contribution in [0, 0.1) is 16.5 Å². The van der Waals surface area contributed by atoms with Crippen LogP contribution in [0.4, 0.5) is 0 Å². The summed E-state index contributed by atoms with van der Waals surface area (Å²) < 4.78 is 0. The SMILES string of the molecule is O=[N+]([O-])C1=CCc2ccccc2[CH]1. The first-order valence-electron chi connectivity index (χ1n) is 4.04. The van der Waals surface area contributed by atoms with Crippen molar-refractivity contribution in [2.45, 2.75) is 6.42 Å². The second kappa shape index (κ2) is 3.01. The average Bonchev–Trinajstić information content (AvgIpc) is 2.17. The molecule has 1 aromatic carbocycles. The zero-order valence-electron chi connectivity index (χ0n) is 6.93. The summed E-state index contributed by atoms with van der Waals surface area (Å²) in [5.74, 6) is 0. The molecule has 13 heavy (non-hydrogen) atoms. The molecule has 0 heterocycles. The molecule has 2 rings (SSSR count). The zero-order valence-corrected chi connectivity index (χ0v) is 6.93. The van der Waals surface area contributed by atoms with E-state index in [-0.39, 0.29) is 10.6 Å². The van der Waals surface area contributed by atoms with Gasteiger partial charge in [0, 0.05) is 0 Å². The maximum atomic E-state index is 10.5. The Morgan fingerprint density at radius 2 is 2.08 bits per heavy atom. The lowest BCUT2D eigenvalue weighted by Gasteiger charge is -2.10. The Hall–Kier alpha value is -1.64. The van der Waals surface area contributed by atoms with Crippen molar-refractivity contribution in [3.63, 3.8) is 0 Å². The summed E-state index contributed by atoms with van der Waals surface area (Å²) in [5.41, 5.74) is 2.29. The second-order valence-corrected chi connectivity index (χ2v) is 2.93. The first-order chi connectivity index (χ1) is 6.27. The van der Waals surface area contributed by atoms with Crippen LogP contribution in [0.2, 0.25) is 0 Å². The van der Waals surface area contributed by atoms with Gasteiger partial charge in [0.15, 0.2) is 0 Å². The Morgan fingerprint density at radius 3 is 2.85 bits per heavy atom. The Bertz CT molecular complexity index is 382. The highest BCUT2D eigenvalue weighted by Gasteiger charge is 2.18. The maximum Gasteiger partial charge on any atom is 0.251 e. The molecule has 0 spiro atoms. The molecule has 0 fully saturated rings. The van der Waals surface area contributed by atoms with Crippen LogP contribution in [0.3, 0.4) is 0 Å². The van der Waals surface area contributed by atoms with Crippen molar-refractivity contribution in [1.29, 1.82) is 0 Å². The summed E-state index contributed by atoms with van der Waals surface area (Å²) in [5, 5.41) is 10.5. The predicted octanol–water partition coefficient (Wildman–Crippen LogP) is 1.96. The van der Waals surface area contributed by atoms with E-state index in [0.29, 0.717) is 6.42 Å². The molecule has 3 heteroatoms. The van der Waals surface area contributed by atoms with Crippen LogP contribution in [0.15, 0.2) is 36.0 Å². The third-order valence-electron chi connectivity index (χ3n) is 2.10. The van der Waals surface area contributed by atoms with Crippen molar-refractivity contribution < 1.29 is 4.92 Å². The molecule has 0 amide bonds. The molecule has 0 bridgehead atoms. The minimum Gasteiger partial charge on any atom is -0.259 e. The van der Waals surface area contributed by atoms with Gasteiger partial charge in [0.05, 0.1) is 11.3 Å². The first-order valence-corrected chi connectivity index (χ1v) is 4.04. The minimum absolute atomic E-state index is 0.193. The first kappa shape index (κ1) is 7.98. The van der Waals surface area contributed by atoms with Gasteiger partial charge in [-0.05, 0) is 23.6 Å². The minimum atomic E-state index is -0.351. The van der Waals surface area contributed by atoms with Crippen LogP contribution in [0.25, 0.3) is 0 Å². The molecule has 0 saturated carbocycles. The molecule has 0 saturated heterocycles. The Kier molecular flexibility index (Phi) is 1.85. The van der Waals surface area contributed by atoms with Crippen LogP contribution >= 0.6 is 0 Å². The lowest BCUT2D eigenvalue weighted by molar-refractivity contribution is -0.421. The van der Waals surface area contributed by atoms with E-state index >= 15 is 0 Å². The van der Waals surface area contributed by atoms with Crippen molar-refractivity contribution in [3.8, 4) is 0 Å². The Morgan fingerprint density at radius 1 is 1.31 bits per heavy atom. The van der Waals surface area contributed by atoms with E-state index in [4.69, 9.17) is 0 Å². The van der Waals surface area contributed by atoms with E-state index in [1.54, 1.807) is 12.5 Å². The van der Waals surface area contributed by atoms with Crippen LogP contribution in [0.1, 0.15) is 11.1 Å². The zero-order chi connectivity index (χ0) is 9.26. The van der Waals surface area contributed by atoms with Gasteiger partial charge in [-0.25, -0.2) is 0 Å². The number of nitro groups is 1. The fraction of sp³-hybridized carbons (Fsp3) is 0.100. The number of fused-ring (bicyclic) bond motifs is 1. The molecule has 0 aliphatic heterocycles. The topological polar surface area (TPSA) is 43.1 Å². The lowest BCUT2D eigenvalue weighted by Crippen LogP contribution is -2.07. The molecule has 0 atom stereocenters. The van der Waals surface area contributed by atoms with Crippen molar-refractivity contribution in [1.82, 2.24) is 0 Å². The average molecular weight is 174 g/mol. The summed E-state index contributed by atoms with van der Waals surface area (Å²) in [4.78, 5) is 10.1. The number of benzene rings is 1. The summed E-state index contributed by atoms with van der Waals surface area (Å²) in [6.07, 6.45) is 3.91. The molecule has 65 valence electrons. The number of nitrogens with zero attached hydrogens (tertiary/aromatic N) is 1. The van der Waals surface area contributed by atoms with E-state index < -0.39 is 0 Å². The van der Waals surface area contributed by atoms with E-state index in [9.17, 15) is 10.1 Å². The van der Waals surface area contributed by atoms with E-state index in [2.05, 4.69) is 0 Å². The molecule has 1 radical (unpaired) electrons. The Balaban J connectivity index is 2.33. The predicted molar refractivity (Wildman–Crippen MR) is 48.6 cm³/mol. The van der Waals surface area contributed by atoms with Gasteiger partial charge in [0.1, 0.15) is 0 Å². The molecule has 0 unspecified atom stereocenters. The molecule has 1 aliphatic rings. The van der Waals surface area contributed by atoms with Gasteiger partial charge in [0.2, 0.25) is 0 Å². The highest BCUT2D eigenvalue weighted by atomic mass is 16.6. The van der Waals surface area contributed by atoms with E-state index in [1.807, 2.05) is 24.3 Å². The Labute approximate surface area is 75.8 Å². The summed E-state index contributed by atoms with van der Waals surface area (Å²) in [6, 6.07) is 7.71. The number of hydrogen-bond donors (Lipinski definition) is 0. The third kappa shape index (κ3) is 1.45. The van der Waals surface area contributed by atoms with Crippen LogP contribution in [-0.4, -0.2) is 4.92 Å². The largest absolute Gasteiger partial charge is 0.259 e. The molecule has 0 aromatic heterocycles. The van der Waals surface area contributed by atoms with Gasteiger partial charge in [-0.2, -0.15) is 0 Å². The van der Waals surface area contributed by atoms with Gasteiger partial charge >= 0.3 is 0 Å². The highest BCUT2D eigenvalue weighted by Crippen LogP contribution is 2.22. The third-order valence-corrected chi connectivity index (χ3v) is 2.10. The van der Waals surface area contributed by atoms with Gasteiger partial charge in [-0.15, -0.1) is 0 Å². The van der Waals surface area contributed by atoms with Crippen molar-refractivity contribution in [3.05, 3.63) is 63.7 Å². The smallest absolute Gasteiger partial charge is 0.251 e. The number of allylic oxidation sites excluding steroid dienone is 2. The summed E-state index contributed by atoms with van der Waals surface area (Å²) in [7, 11) is 0. The number of rotatable bonds is 1.